The Labute approximate surface area is 101 Å². The highest BCUT2D eigenvalue weighted by molar-refractivity contribution is 5.95. The van der Waals surface area contributed by atoms with Crippen molar-refractivity contribution in [2.75, 3.05) is 31.1 Å². The summed E-state index contributed by atoms with van der Waals surface area (Å²) in [5, 5.41) is 12.2. The molecule has 1 amide bonds. The van der Waals surface area contributed by atoms with Crippen molar-refractivity contribution >= 4 is 11.6 Å². The first kappa shape index (κ1) is 12.1. The second-order valence-corrected chi connectivity index (χ2v) is 4.40. The smallest absolute Gasteiger partial charge is 0.240 e. The van der Waals surface area contributed by atoms with Gasteiger partial charge in [0.15, 0.2) is 0 Å². The number of carbonyl (C=O) groups excluding carboxylic acids is 1. The van der Waals surface area contributed by atoms with Crippen LogP contribution in [0.15, 0.2) is 24.3 Å². The highest BCUT2D eigenvalue weighted by Gasteiger charge is 2.19. The number of aliphatic hydroxyl groups excluding tert-OH is 1. The van der Waals surface area contributed by atoms with E-state index in [2.05, 4.69) is 5.32 Å². The summed E-state index contributed by atoms with van der Waals surface area (Å²) in [6.07, 6.45) is 0. The average Bonchev–Trinajstić information content (AvgIpc) is 2.38. The predicted molar refractivity (Wildman–Crippen MR) is 67.2 cm³/mol. The second-order valence-electron chi connectivity index (χ2n) is 4.40. The van der Waals surface area contributed by atoms with Crippen molar-refractivity contribution < 1.29 is 9.90 Å². The lowest BCUT2D eigenvalue weighted by atomic mass is 10.0. The van der Waals surface area contributed by atoms with Crippen LogP contribution < -0.4 is 10.2 Å². The molecule has 0 spiro atoms. The Morgan fingerprint density at radius 2 is 2.35 bits per heavy atom. The van der Waals surface area contributed by atoms with E-state index in [-0.39, 0.29) is 18.4 Å². The first-order chi connectivity index (χ1) is 8.22. The van der Waals surface area contributed by atoms with Crippen LogP contribution in [0, 0.1) is 0 Å². The van der Waals surface area contributed by atoms with Crippen molar-refractivity contribution in [2.24, 2.45) is 0 Å². The lowest BCUT2D eigenvalue weighted by Gasteiger charge is -2.28. The van der Waals surface area contributed by atoms with Crippen LogP contribution in [0.5, 0.6) is 0 Å². The third-order valence-electron chi connectivity index (χ3n) is 3.11. The van der Waals surface area contributed by atoms with Crippen molar-refractivity contribution in [3.05, 3.63) is 29.8 Å². The number of anilines is 1. The minimum atomic E-state index is 0.102. The maximum Gasteiger partial charge on any atom is 0.240 e. The van der Waals surface area contributed by atoms with Crippen LogP contribution in [0.4, 0.5) is 5.69 Å². The molecule has 1 aliphatic rings. The molecule has 4 heteroatoms. The van der Waals surface area contributed by atoms with Gasteiger partial charge < -0.3 is 15.3 Å². The quantitative estimate of drug-likeness (QED) is 0.810. The lowest BCUT2D eigenvalue weighted by Crippen LogP contribution is -2.48. The van der Waals surface area contributed by atoms with Gasteiger partial charge in [-0.15, -0.1) is 0 Å². The van der Waals surface area contributed by atoms with E-state index in [0.29, 0.717) is 13.1 Å². The number of hydrogen-bond donors (Lipinski definition) is 2. The Balaban J connectivity index is 2.23. The van der Waals surface area contributed by atoms with E-state index in [1.54, 1.807) is 4.90 Å². The summed E-state index contributed by atoms with van der Waals surface area (Å²) in [4.78, 5) is 13.6. The Morgan fingerprint density at radius 3 is 3.06 bits per heavy atom. The summed E-state index contributed by atoms with van der Waals surface area (Å²) in [7, 11) is 0. The minimum Gasteiger partial charge on any atom is -0.396 e. The number of aliphatic hydroxyl groups is 1. The van der Waals surface area contributed by atoms with Gasteiger partial charge in [-0.05, 0) is 17.7 Å². The van der Waals surface area contributed by atoms with Crippen molar-refractivity contribution in [2.45, 2.75) is 12.8 Å². The van der Waals surface area contributed by atoms with Gasteiger partial charge in [0.25, 0.3) is 0 Å². The first-order valence-corrected chi connectivity index (χ1v) is 5.94. The fourth-order valence-corrected chi connectivity index (χ4v) is 1.98. The molecular weight excluding hydrogens is 216 g/mol. The number of benzene rings is 1. The number of hydrogen-bond acceptors (Lipinski definition) is 3. The highest BCUT2D eigenvalue weighted by atomic mass is 16.3. The fourth-order valence-electron chi connectivity index (χ4n) is 1.98. The number of nitrogens with one attached hydrogen (secondary N) is 1. The molecule has 1 fully saturated rings. The molecular formula is C13H18N2O2. The number of amides is 1. The molecule has 1 aromatic rings. The molecule has 1 atom stereocenters. The number of piperazine rings is 1. The van der Waals surface area contributed by atoms with Crippen LogP contribution in [0.2, 0.25) is 0 Å². The molecule has 1 aromatic carbocycles. The number of carbonyl (C=O) groups is 1. The normalized spacial score (nSPS) is 18.2. The maximum atomic E-state index is 11.8. The molecule has 0 aliphatic carbocycles. The molecule has 92 valence electrons. The molecule has 0 aromatic heterocycles. The molecule has 17 heavy (non-hydrogen) atoms. The van der Waals surface area contributed by atoms with Crippen LogP contribution in [0.3, 0.4) is 0 Å². The SMILES string of the molecule is CC(CO)c1cccc(N2CCNCC2=O)c1. The van der Waals surface area contributed by atoms with E-state index < -0.39 is 0 Å². The molecule has 1 saturated heterocycles. The van der Waals surface area contributed by atoms with Crippen LogP contribution in [-0.4, -0.2) is 37.3 Å². The Morgan fingerprint density at radius 1 is 1.53 bits per heavy atom. The van der Waals surface area contributed by atoms with Crippen molar-refractivity contribution in [3.8, 4) is 0 Å². The standard InChI is InChI=1S/C13H18N2O2/c1-10(9-16)11-3-2-4-12(7-11)15-6-5-14-8-13(15)17/h2-4,7,10,14,16H,5-6,8-9H2,1H3. The minimum absolute atomic E-state index is 0.102. The van der Waals surface area contributed by atoms with Gasteiger partial charge in [0.05, 0.1) is 6.54 Å². The summed E-state index contributed by atoms with van der Waals surface area (Å²) >= 11 is 0. The molecule has 2 rings (SSSR count). The zero-order valence-electron chi connectivity index (χ0n) is 10.0. The second kappa shape index (κ2) is 5.29. The Kier molecular flexibility index (Phi) is 3.76. The summed E-state index contributed by atoms with van der Waals surface area (Å²) < 4.78 is 0. The molecule has 2 N–H and O–H groups in total. The zero-order chi connectivity index (χ0) is 12.3. The van der Waals surface area contributed by atoms with Gasteiger partial charge in [-0.3, -0.25) is 4.79 Å². The van der Waals surface area contributed by atoms with Gasteiger partial charge in [0.2, 0.25) is 5.91 Å². The van der Waals surface area contributed by atoms with Gasteiger partial charge in [-0.25, -0.2) is 0 Å². The van der Waals surface area contributed by atoms with Crippen LogP contribution in [0.25, 0.3) is 0 Å². The fraction of sp³-hybridized carbons (Fsp3) is 0.462. The molecule has 4 nitrogen and oxygen atoms in total. The van der Waals surface area contributed by atoms with E-state index in [0.717, 1.165) is 17.8 Å². The number of nitrogens with zero attached hydrogens (tertiary/aromatic N) is 1. The topological polar surface area (TPSA) is 52.6 Å². The van der Waals surface area contributed by atoms with Crippen LogP contribution >= 0.6 is 0 Å². The van der Waals surface area contributed by atoms with E-state index in [4.69, 9.17) is 5.11 Å². The first-order valence-electron chi connectivity index (χ1n) is 5.94. The molecule has 0 bridgehead atoms. The Bertz CT molecular complexity index is 406. The van der Waals surface area contributed by atoms with E-state index in [1.807, 2.05) is 31.2 Å². The van der Waals surface area contributed by atoms with Crippen molar-refractivity contribution in [3.63, 3.8) is 0 Å². The maximum absolute atomic E-state index is 11.8. The van der Waals surface area contributed by atoms with Gasteiger partial charge >= 0.3 is 0 Å². The van der Waals surface area contributed by atoms with E-state index in [9.17, 15) is 4.79 Å². The summed E-state index contributed by atoms with van der Waals surface area (Å²) in [5.41, 5.74) is 1.99. The highest BCUT2D eigenvalue weighted by Crippen LogP contribution is 2.22. The third kappa shape index (κ3) is 2.65. The number of rotatable bonds is 3. The zero-order valence-corrected chi connectivity index (χ0v) is 10.0. The molecule has 0 saturated carbocycles. The monoisotopic (exact) mass is 234 g/mol. The third-order valence-corrected chi connectivity index (χ3v) is 3.11. The van der Waals surface area contributed by atoms with Gasteiger partial charge in [-0.1, -0.05) is 19.1 Å². The van der Waals surface area contributed by atoms with Crippen molar-refractivity contribution in [1.82, 2.24) is 5.32 Å². The van der Waals surface area contributed by atoms with Gasteiger partial charge in [0.1, 0.15) is 0 Å². The molecule has 0 radical (unpaired) electrons. The van der Waals surface area contributed by atoms with Crippen LogP contribution in [-0.2, 0) is 4.79 Å². The van der Waals surface area contributed by atoms with E-state index in [1.165, 1.54) is 0 Å². The summed E-state index contributed by atoms with van der Waals surface area (Å²) in [6, 6.07) is 7.85. The lowest BCUT2D eigenvalue weighted by molar-refractivity contribution is -0.118. The van der Waals surface area contributed by atoms with E-state index >= 15 is 0 Å². The Hall–Kier alpha value is -1.39. The summed E-state index contributed by atoms with van der Waals surface area (Å²) in [6.45, 7) is 4.03. The molecule has 1 unspecified atom stereocenters. The van der Waals surface area contributed by atoms with Gasteiger partial charge in [0, 0.05) is 31.3 Å². The van der Waals surface area contributed by atoms with Crippen molar-refractivity contribution in [1.29, 1.82) is 0 Å². The molecule has 1 heterocycles. The van der Waals surface area contributed by atoms with Crippen LogP contribution in [0.1, 0.15) is 18.4 Å². The van der Waals surface area contributed by atoms with Gasteiger partial charge in [-0.2, -0.15) is 0 Å². The largest absolute Gasteiger partial charge is 0.396 e. The summed E-state index contributed by atoms with van der Waals surface area (Å²) in [5.74, 6) is 0.206. The molecule has 1 aliphatic heterocycles. The predicted octanol–water partition coefficient (Wildman–Crippen LogP) is 0.719. The average molecular weight is 234 g/mol.